The Bertz CT molecular complexity index is 1390. The summed E-state index contributed by atoms with van der Waals surface area (Å²) < 4.78 is 79.3. The number of thioether (sulfide) groups is 1. The lowest BCUT2D eigenvalue weighted by atomic mass is 10.0. The van der Waals surface area contributed by atoms with Gasteiger partial charge in [0.1, 0.15) is 4.88 Å². The van der Waals surface area contributed by atoms with Crippen LogP contribution in [0.25, 0.3) is 17.2 Å². The van der Waals surface area contributed by atoms with Crippen molar-refractivity contribution in [3.05, 3.63) is 72.4 Å². The number of amides is 1. The summed E-state index contributed by atoms with van der Waals surface area (Å²) in [5.41, 5.74) is -0.138. The zero-order valence-electron chi connectivity index (χ0n) is 17.9. The molecule has 2 N–H and O–H groups in total. The van der Waals surface area contributed by atoms with Gasteiger partial charge >= 0.3 is 18.3 Å². The van der Waals surface area contributed by atoms with Gasteiger partial charge in [0.15, 0.2) is 4.32 Å². The van der Waals surface area contributed by atoms with Crippen LogP contribution in [0.1, 0.15) is 30.6 Å². The number of nitrogens with one attached hydrogen (secondary N) is 1. The number of rotatable bonds is 6. The topological polar surface area (TPSA) is 69.6 Å². The molecule has 4 rings (SSSR count). The van der Waals surface area contributed by atoms with E-state index in [1.165, 1.54) is 23.6 Å². The Hall–Kier alpha value is -2.72. The van der Waals surface area contributed by atoms with Gasteiger partial charge in [-0.2, -0.15) is 26.3 Å². The molecule has 0 bridgehead atoms. The lowest BCUT2D eigenvalue weighted by Gasteiger charge is -2.14. The van der Waals surface area contributed by atoms with E-state index < -0.39 is 35.4 Å². The summed E-state index contributed by atoms with van der Waals surface area (Å²) in [5, 5.41) is 11.5. The maximum absolute atomic E-state index is 13.2. The quantitative estimate of drug-likeness (QED) is 0.180. The van der Waals surface area contributed by atoms with E-state index in [4.69, 9.17) is 17.3 Å². The lowest BCUT2D eigenvalue weighted by Crippen LogP contribution is -2.40. The first-order chi connectivity index (χ1) is 17.2. The van der Waals surface area contributed by atoms with Crippen LogP contribution in [-0.4, -0.2) is 26.3 Å². The Kier molecular flexibility index (Phi) is 7.54. The highest BCUT2D eigenvalue weighted by Gasteiger charge is 2.37. The maximum atomic E-state index is 13.2. The summed E-state index contributed by atoms with van der Waals surface area (Å²) >= 11 is 8.25. The molecule has 15 heteroatoms. The van der Waals surface area contributed by atoms with Crippen molar-refractivity contribution in [2.45, 2.75) is 18.9 Å². The van der Waals surface area contributed by atoms with Gasteiger partial charge in [-0.05, 0) is 59.0 Å². The van der Waals surface area contributed by atoms with Crippen LogP contribution in [0.15, 0.2) is 46.7 Å². The number of alkyl halides is 6. The van der Waals surface area contributed by atoms with Crippen molar-refractivity contribution in [3.8, 4) is 11.1 Å². The fourth-order valence-corrected chi connectivity index (χ4v) is 6.09. The average Bonchev–Trinajstić information content (AvgIpc) is 3.52. The summed E-state index contributed by atoms with van der Waals surface area (Å²) in [6, 6.07) is 5.77. The standard InChI is InChI=1S/C22H12F6N2O3S4/c23-21(24,25)12-3-10(4-13(6-12)22(26,27)28)11-5-15(35-9-11)7-17-18(31)30(20(34)37-17)29-8-14-1-2-16(36-14)19(32)33/h1-7,9,29H,8H2,(H,32,33). The molecule has 1 saturated heterocycles. The minimum Gasteiger partial charge on any atom is -0.477 e. The van der Waals surface area contributed by atoms with E-state index in [-0.39, 0.29) is 37.8 Å². The molecule has 5 nitrogen and oxygen atoms in total. The summed E-state index contributed by atoms with van der Waals surface area (Å²) in [6.45, 7) is 0.137. The third-order valence-corrected chi connectivity index (χ3v) is 8.15. The van der Waals surface area contributed by atoms with Gasteiger partial charge in [-0.1, -0.05) is 24.0 Å². The van der Waals surface area contributed by atoms with E-state index in [0.717, 1.165) is 39.4 Å². The Morgan fingerprint density at radius 3 is 2.24 bits per heavy atom. The van der Waals surface area contributed by atoms with E-state index in [0.29, 0.717) is 21.9 Å². The molecule has 0 aliphatic carbocycles. The Labute approximate surface area is 222 Å². The Morgan fingerprint density at radius 1 is 1.03 bits per heavy atom. The van der Waals surface area contributed by atoms with Gasteiger partial charge in [-0.25, -0.2) is 15.2 Å². The zero-order chi connectivity index (χ0) is 27.1. The molecule has 1 aliphatic rings. The predicted octanol–water partition coefficient (Wildman–Crippen LogP) is 7.12. The van der Waals surface area contributed by atoms with E-state index in [9.17, 15) is 35.9 Å². The molecule has 0 spiro atoms. The van der Waals surface area contributed by atoms with Gasteiger partial charge in [0.25, 0.3) is 5.91 Å². The number of hydrazine groups is 1. The van der Waals surface area contributed by atoms with Crippen LogP contribution in [0.2, 0.25) is 0 Å². The van der Waals surface area contributed by atoms with Crippen LogP contribution < -0.4 is 5.43 Å². The predicted molar refractivity (Wildman–Crippen MR) is 133 cm³/mol. The second-order valence-corrected chi connectivity index (χ2v) is 11.2. The normalized spacial score (nSPS) is 15.7. The second-order valence-electron chi connectivity index (χ2n) is 7.46. The fourth-order valence-electron chi connectivity index (χ4n) is 3.18. The van der Waals surface area contributed by atoms with Gasteiger partial charge < -0.3 is 5.11 Å². The number of aromatic carboxylic acids is 1. The first-order valence-electron chi connectivity index (χ1n) is 9.94. The van der Waals surface area contributed by atoms with Crippen molar-refractivity contribution < 1.29 is 41.0 Å². The third-order valence-electron chi connectivity index (χ3n) is 4.89. The smallest absolute Gasteiger partial charge is 0.416 e. The number of thiocarbonyl (C=S) groups is 1. The van der Waals surface area contributed by atoms with E-state index in [1.807, 2.05) is 0 Å². The molecule has 37 heavy (non-hydrogen) atoms. The van der Waals surface area contributed by atoms with Crippen molar-refractivity contribution in [3.63, 3.8) is 0 Å². The number of hydrogen-bond acceptors (Lipinski definition) is 7. The fraction of sp³-hybridized carbons (Fsp3) is 0.136. The minimum absolute atomic E-state index is 0.0633. The van der Waals surface area contributed by atoms with Crippen molar-refractivity contribution in [2.75, 3.05) is 0 Å². The lowest BCUT2D eigenvalue weighted by molar-refractivity contribution is -0.143. The monoisotopic (exact) mass is 594 g/mol. The highest BCUT2D eigenvalue weighted by atomic mass is 32.2. The van der Waals surface area contributed by atoms with Gasteiger partial charge in [0.2, 0.25) is 0 Å². The number of nitrogens with zero attached hydrogens (tertiary/aromatic N) is 1. The van der Waals surface area contributed by atoms with Crippen molar-refractivity contribution >= 4 is 68.9 Å². The molecule has 1 fully saturated rings. The molecule has 3 aromatic rings. The second kappa shape index (κ2) is 10.2. The first-order valence-corrected chi connectivity index (χ1v) is 12.9. The van der Waals surface area contributed by atoms with Gasteiger partial charge in [-0.3, -0.25) is 4.79 Å². The third kappa shape index (κ3) is 6.23. The minimum atomic E-state index is -4.96. The summed E-state index contributed by atoms with van der Waals surface area (Å²) in [7, 11) is 0. The van der Waals surface area contributed by atoms with Crippen LogP contribution in [0.3, 0.4) is 0 Å². The Balaban J connectivity index is 1.54. The number of benzene rings is 1. The maximum Gasteiger partial charge on any atom is 0.416 e. The first kappa shape index (κ1) is 27.3. The van der Waals surface area contributed by atoms with Crippen molar-refractivity contribution in [1.82, 2.24) is 10.4 Å². The van der Waals surface area contributed by atoms with Crippen LogP contribution in [-0.2, 0) is 23.7 Å². The average molecular weight is 595 g/mol. The van der Waals surface area contributed by atoms with Crippen LogP contribution in [0.5, 0.6) is 0 Å². The largest absolute Gasteiger partial charge is 0.477 e. The molecular formula is C22H12F6N2O3S4. The van der Waals surface area contributed by atoms with E-state index >= 15 is 0 Å². The van der Waals surface area contributed by atoms with E-state index in [2.05, 4.69) is 5.43 Å². The van der Waals surface area contributed by atoms with Gasteiger partial charge in [-0.15, -0.1) is 22.7 Å². The SMILES string of the molecule is O=C(O)c1ccc(CNN2C(=O)C(=Cc3cc(-c4cc(C(F)(F)F)cc(C(F)(F)F)c4)cs3)SC2=S)s1. The van der Waals surface area contributed by atoms with Gasteiger partial charge in [0.05, 0.1) is 22.6 Å². The number of carbonyl (C=O) groups is 2. The van der Waals surface area contributed by atoms with Crippen molar-refractivity contribution in [2.24, 2.45) is 0 Å². The van der Waals surface area contributed by atoms with Crippen LogP contribution in [0.4, 0.5) is 26.3 Å². The van der Waals surface area contributed by atoms with Crippen LogP contribution >= 0.6 is 46.7 Å². The summed E-state index contributed by atoms with van der Waals surface area (Å²) in [6.07, 6.45) is -8.48. The van der Waals surface area contributed by atoms with Gasteiger partial charge in [0, 0.05) is 9.75 Å². The summed E-state index contributed by atoms with van der Waals surface area (Å²) in [5.74, 6) is -1.57. The number of carboxylic acid groups (broad SMARTS) is 1. The molecular weight excluding hydrogens is 583 g/mol. The molecule has 1 amide bonds. The molecule has 194 valence electrons. The van der Waals surface area contributed by atoms with Crippen molar-refractivity contribution in [1.29, 1.82) is 0 Å². The number of hydrogen-bond donors (Lipinski definition) is 2. The number of carbonyl (C=O) groups excluding carboxylic acids is 1. The molecule has 3 heterocycles. The van der Waals surface area contributed by atoms with E-state index in [1.54, 1.807) is 6.07 Å². The molecule has 2 aromatic heterocycles. The molecule has 0 radical (unpaired) electrons. The number of thiophene rings is 2. The summed E-state index contributed by atoms with van der Waals surface area (Å²) in [4.78, 5) is 25.2. The Morgan fingerprint density at radius 2 is 1.68 bits per heavy atom. The number of carboxylic acids is 1. The molecule has 0 unspecified atom stereocenters. The molecule has 0 atom stereocenters. The zero-order valence-corrected chi connectivity index (χ0v) is 21.2. The number of halogens is 6. The molecule has 0 saturated carbocycles. The van der Waals surface area contributed by atoms with Crippen LogP contribution in [0, 0.1) is 0 Å². The molecule has 1 aromatic carbocycles. The molecule has 1 aliphatic heterocycles. The highest BCUT2D eigenvalue weighted by molar-refractivity contribution is 8.26. The highest BCUT2D eigenvalue weighted by Crippen LogP contribution is 2.40.